The van der Waals surface area contributed by atoms with E-state index in [0.29, 0.717) is 48.4 Å². The van der Waals surface area contributed by atoms with Crippen molar-refractivity contribution in [1.82, 2.24) is 19.4 Å². The van der Waals surface area contributed by atoms with Gasteiger partial charge in [-0.05, 0) is 55.0 Å². The number of nitrogens with zero attached hydrogens (tertiary/aromatic N) is 4. The quantitative estimate of drug-likeness (QED) is 0.559. The minimum Gasteiger partial charge on any atom is -0.494 e. The number of methoxy groups -OCH3 is 2. The molecule has 2 aliphatic rings. The molecule has 1 unspecified atom stereocenters. The third-order valence-electron chi connectivity index (χ3n) is 6.80. The van der Waals surface area contributed by atoms with Gasteiger partial charge in [0.15, 0.2) is 5.56 Å². The first-order valence-electron chi connectivity index (χ1n) is 11.8. The largest absolute Gasteiger partial charge is 0.494 e. The third kappa shape index (κ3) is 4.34. The molecule has 182 valence electrons. The maximum atomic E-state index is 13.5. The zero-order valence-corrected chi connectivity index (χ0v) is 19.8. The van der Waals surface area contributed by atoms with Gasteiger partial charge in [0, 0.05) is 37.8 Å². The van der Waals surface area contributed by atoms with Gasteiger partial charge in [0.2, 0.25) is 5.88 Å². The highest BCUT2D eigenvalue weighted by Gasteiger charge is 2.34. The van der Waals surface area contributed by atoms with Crippen molar-refractivity contribution in [2.24, 2.45) is 5.92 Å². The number of pyridine rings is 1. The number of hydrogen-bond donors (Lipinski definition) is 1. The van der Waals surface area contributed by atoms with Gasteiger partial charge in [-0.3, -0.25) is 19.1 Å². The van der Waals surface area contributed by atoms with Gasteiger partial charge in [-0.25, -0.2) is 0 Å². The summed E-state index contributed by atoms with van der Waals surface area (Å²) in [6.45, 7) is 0.927. The number of amides is 1. The molecule has 1 aliphatic carbocycles. The number of likely N-dealkylation sites (tertiary alicyclic amines) is 1. The van der Waals surface area contributed by atoms with Crippen LogP contribution in [0.5, 0.6) is 17.4 Å². The molecule has 1 saturated heterocycles. The molecule has 1 amide bonds. The van der Waals surface area contributed by atoms with Crippen LogP contribution >= 0.6 is 0 Å². The molecule has 0 spiro atoms. The molecule has 9 nitrogen and oxygen atoms in total. The van der Waals surface area contributed by atoms with Gasteiger partial charge in [-0.15, -0.1) is 0 Å². The van der Waals surface area contributed by atoms with E-state index in [1.165, 1.54) is 18.8 Å². The molecular formula is C26H28N4O5. The van der Waals surface area contributed by atoms with E-state index < -0.39 is 17.3 Å². The number of carbonyl (C=O) groups excluding carboxylic acids is 1. The van der Waals surface area contributed by atoms with Crippen LogP contribution < -0.4 is 15.0 Å². The summed E-state index contributed by atoms with van der Waals surface area (Å²) in [5, 5.41) is 11.4. The first-order valence-corrected chi connectivity index (χ1v) is 11.8. The van der Waals surface area contributed by atoms with Crippen LogP contribution in [0.25, 0.3) is 5.69 Å². The highest BCUT2D eigenvalue weighted by atomic mass is 16.5. The molecule has 1 atom stereocenters. The van der Waals surface area contributed by atoms with E-state index in [0.717, 1.165) is 24.8 Å². The molecule has 1 aromatic carbocycles. The number of aromatic nitrogens is 3. The fraction of sp³-hybridized carbons (Fsp3) is 0.385. The predicted octanol–water partition coefficient (Wildman–Crippen LogP) is 2.93. The fourth-order valence-corrected chi connectivity index (χ4v) is 4.75. The Labute approximate surface area is 203 Å². The Bertz CT molecular complexity index is 1280. The number of aromatic hydroxyl groups is 1. The van der Waals surface area contributed by atoms with Crippen molar-refractivity contribution < 1.29 is 19.4 Å². The molecule has 5 rings (SSSR count). The number of rotatable bonds is 7. The molecule has 2 fully saturated rings. The summed E-state index contributed by atoms with van der Waals surface area (Å²) < 4.78 is 12.5. The van der Waals surface area contributed by atoms with Crippen LogP contribution in [-0.4, -0.2) is 57.8 Å². The number of carbonyl (C=O) groups is 1. The molecule has 3 aromatic rings. The van der Waals surface area contributed by atoms with Gasteiger partial charge in [-0.1, -0.05) is 6.07 Å². The van der Waals surface area contributed by atoms with Crippen molar-refractivity contribution >= 4 is 5.91 Å². The third-order valence-corrected chi connectivity index (χ3v) is 6.80. The smallest absolute Gasteiger partial charge is 0.289 e. The Morgan fingerprint density at radius 1 is 1.09 bits per heavy atom. The van der Waals surface area contributed by atoms with Gasteiger partial charge < -0.3 is 19.5 Å². The molecular weight excluding hydrogens is 448 g/mol. The first-order chi connectivity index (χ1) is 17.0. The Kier molecular flexibility index (Phi) is 6.15. The maximum absolute atomic E-state index is 13.5. The van der Waals surface area contributed by atoms with Gasteiger partial charge in [0.25, 0.3) is 11.5 Å². The van der Waals surface area contributed by atoms with Crippen molar-refractivity contribution in [3.63, 3.8) is 0 Å². The topological polar surface area (TPSA) is 107 Å². The average molecular weight is 477 g/mol. The van der Waals surface area contributed by atoms with Crippen molar-refractivity contribution in [3.05, 3.63) is 70.0 Å². The van der Waals surface area contributed by atoms with E-state index in [1.54, 1.807) is 35.5 Å². The summed E-state index contributed by atoms with van der Waals surface area (Å²) in [4.78, 5) is 36.6. The molecule has 0 radical (unpaired) electrons. The van der Waals surface area contributed by atoms with Crippen molar-refractivity contribution in [3.8, 4) is 23.1 Å². The SMILES string of the molecule is COc1cccc(OC)c1-n1c(CC2CC2)nc(=O)c(C(=O)N2CCC(c3ccncc3)C2)c1O. The van der Waals surface area contributed by atoms with E-state index in [2.05, 4.69) is 9.97 Å². The Hall–Kier alpha value is -3.88. The van der Waals surface area contributed by atoms with Gasteiger partial charge in [0.05, 0.1) is 14.2 Å². The van der Waals surface area contributed by atoms with Gasteiger partial charge in [-0.2, -0.15) is 4.98 Å². The summed E-state index contributed by atoms with van der Waals surface area (Å²) in [6.07, 6.45) is 6.79. The van der Waals surface area contributed by atoms with Crippen LogP contribution in [0, 0.1) is 5.92 Å². The minimum absolute atomic E-state index is 0.141. The lowest BCUT2D eigenvalue weighted by molar-refractivity contribution is 0.0784. The fourth-order valence-electron chi connectivity index (χ4n) is 4.75. The highest BCUT2D eigenvalue weighted by Crippen LogP contribution is 2.39. The maximum Gasteiger partial charge on any atom is 0.289 e. The molecule has 0 bridgehead atoms. The van der Waals surface area contributed by atoms with Crippen LogP contribution in [0.2, 0.25) is 0 Å². The lowest BCUT2D eigenvalue weighted by Crippen LogP contribution is -2.35. The van der Waals surface area contributed by atoms with E-state index >= 15 is 0 Å². The number of para-hydroxylation sites is 1. The Morgan fingerprint density at radius 2 is 1.77 bits per heavy atom. The van der Waals surface area contributed by atoms with Crippen LogP contribution in [0.1, 0.15) is 46.9 Å². The standard InChI is InChI=1S/C26H28N4O5/c1-34-19-4-3-5-20(35-2)23(19)30-21(14-16-6-7-16)28-24(31)22(26(30)33)25(32)29-13-10-18(15-29)17-8-11-27-12-9-17/h3-5,8-9,11-12,16,18,33H,6-7,10,13-15H2,1-2H3. The molecule has 35 heavy (non-hydrogen) atoms. The Balaban J connectivity index is 1.58. The molecule has 9 heteroatoms. The van der Waals surface area contributed by atoms with E-state index in [-0.39, 0.29) is 11.5 Å². The zero-order chi connectivity index (χ0) is 24.5. The predicted molar refractivity (Wildman–Crippen MR) is 129 cm³/mol. The van der Waals surface area contributed by atoms with Crippen LogP contribution in [0.4, 0.5) is 0 Å². The number of ether oxygens (including phenoxy) is 2. The summed E-state index contributed by atoms with van der Waals surface area (Å²) in [5.74, 6) is 0.791. The zero-order valence-electron chi connectivity index (χ0n) is 19.8. The summed E-state index contributed by atoms with van der Waals surface area (Å²) in [7, 11) is 3.03. The van der Waals surface area contributed by atoms with E-state index in [1.807, 2.05) is 12.1 Å². The molecule has 2 aromatic heterocycles. The number of hydrogen-bond acceptors (Lipinski definition) is 7. The van der Waals surface area contributed by atoms with Crippen molar-refractivity contribution in [1.29, 1.82) is 0 Å². The normalized spacial score (nSPS) is 17.4. The monoisotopic (exact) mass is 476 g/mol. The van der Waals surface area contributed by atoms with Crippen LogP contribution in [0.3, 0.4) is 0 Å². The molecule has 3 heterocycles. The Morgan fingerprint density at radius 3 is 2.40 bits per heavy atom. The van der Waals surface area contributed by atoms with Crippen LogP contribution in [-0.2, 0) is 6.42 Å². The molecule has 1 saturated carbocycles. The lowest BCUT2D eigenvalue weighted by Gasteiger charge is -2.22. The highest BCUT2D eigenvalue weighted by molar-refractivity contribution is 5.96. The van der Waals surface area contributed by atoms with Gasteiger partial charge in [0.1, 0.15) is 23.0 Å². The minimum atomic E-state index is -0.722. The van der Waals surface area contributed by atoms with Crippen LogP contribution in [0.15, 0.2) is 47.5 Å². The lowest BCUT2D eigenvalue weighted by atomic mass is 10.00. The van der Waals surface area contributed by atoms with Crippen molar-refractivity contribution in [2.45, 2.75) is 31.6 Å². The molecule has 1 N–H and O–H groups in total. The second-order valence-corrected chi connectivity index (χ2v) is 9.04. The second-order valence-electron chi connectivity index (χ2n) is 9.04. The summed E-state index contributed by atoms with van der Waals surface area (Å²) in [6, 6.07) is 9.11. The number of benzene rings is 1. The second kappa shape index (κ2) is 9.40. The average Bonchev–Trinajstić information content (AvgIpc) is 3.55. The summed E-state index contributed by atoms with van der Waals surface area (Å²) >= 11 is 0. The van der Waals surface area contributed by atoms with E-state index in [9.17, 15) is 14.7 Å². The van der Waals surface area contributed by atoms with Crippen molar-refractivity contribution in [2.75, 3.05) is 27.3 Å². The van der Waals surface area contributed by atoms with E-state index in [4.69, 9.17) is 9.47 Å². The molecule has 1 aliphatic heterocycles. The summed E-state index contributed by atoms with van der Waals surface area (Å²) in [5.41, 5.74) is 0.436. The van der Waals surface area contributed by atoms with Gasteiger partial charge >= 0.3 is 0 Å². The first kappa shape index (κ1) is 22.9.